The molecule has 114 valence electrons. The number of anilines is 1. The minimum atomic E-state index is -0.493. The van der Waals surface area contributed by atoms with Gasteiger partial charge in [-0.25, -0.2) is 0 Å². The lowest BCUT2D eigenvalue weighted by atomic mass is 9.99. The second-order valence-corrected chi connectivity index (χ2v) is 4.77. The molecule has 2 atom stereocenters. The van der Waals surface area contributed by atoms with Crippen LogP contribution in [-0.2, 0) is 4.79 Å². The summed E-state index contributed by atoms with van der Waals surface area (Å²) in [6.45, 7) is 3.99. The molecule has 2 aromatic rings. The van der Waals surface area contributed by atoms with Crippen molar-refractivity contribution in [2.45, 2.75) is 26.3 Å². The number of halogens is 1. The number of carbonyl (C=O) groups excluding carboxylic acids is 1. The summed E-state index contributed by atoms with van der Waals surface area (Å²) >= 11 is 0. The van der Waals surface area contributed by atoms with Crippen molar-refractivity contribution in [1.82, 2.24) is 15.0 Å². The van der Waals surface area contributed by atoms with Crippen molar-refractivity contribution in [3.05, 3.63) is 36.7 Å². The van der Waals surface area contributed by atoms with Gasteiger partial charge in [-0.3, -0.25) is 4.79 Å². The molecule has 7 heteroatoms. The van der Waals surface area contributed by atoms with Gasteiger partial charge in [-0.1, -0.05) is 20.3 Å². The number of amides is 1. The molecule has 2 rings (SSSR count). The van der Waals surface area contributed by atoms with Crippen molar-refractivity contribution in [1.29, 1.82) is 0 Å². The van der Waals surface area contributed by atoms with E-state index in [1.54, 1.807) is 24.5 Å². The van der Waals surface area contributed by atoms with E-state index in [1.807, 2.05) is 26.0 Å². The van der Waals surface area contributed by atoms with Crippen LogP contribution < -0.4 is 11.1 Å². The highest BCUT2D eigenvalue weighted by Crippen LogP contribution is 2.13. The highest BCUT2D eigenvalue weighted by molar-refractivity contribution is 5.94. The summed E-state index contributed by atoms with van der Waals surface area (Å²) in [7, 11) is 0. The van der Waals surface area contributed by atoms with Crippen LogP contribution in [0.3, 0.4) is 0 Å². The summed E-state index contributed by atoms with van der Waals surface area (Å²) in [5, 5.41) is 10.9. The standard InChI is InChI=1S/C14H19N5O.ClH/c1-3-10(2)13(15)14(20)18-11-4-6-12(7-5-11)19-16-8-9-17-19;/h4-10,13H,3,15H2,1-2H3,(H,18,20);1H. The van der Waals surface area contributed by atoms with Gasteiger partial charge in [-0.15, -0.1) is 12.4 Å². The molecule has 0 bridgehead atoms. The first-order valence-electron chi connectivity index (χ1n) is 6.65. The molecule has 0 aliphatic carbocycles. The largest absolute Gasteiger partial charge is 0.325 e. The molecule has 0 saturated carbocycles. The smallest absolute Gasteiger partial charge is 0.241 e. The van der Waals surface area contributed by atoms with Gasteiger partial charge in [0.05, 0.1) is 24.1 Å². The highest BCUT2D eigenvalue weighted by atomic mass is 35.5. The maximum Gasteiger partial charge on any atom is 0.241 e. The molecular weight excluding hydrogens is 290 g/mol. The number of hydrogen-bond acceptors (Lipinski definition) is 4. The van der Waals surface area contributed by atoms with Crippen LogP contribution in [0.15, 0.2) is 36.7 Å². The Hall–Kier alpha value is -1.92. The van der Waals surface area contributed by atoms with Crippen molar-refractivity contribution in [3.63, 3.8) is 0 Å². The van der Waals surface area contributed by atoms with Crippen LogP contribution in [0.1, 0.15) is 20.3 Å². The number of carbonyl (C=O) groups is 1. The molecule has 1 amide bonds. The van der Waals surface area contributed by atoms with Crippen LogP contribution in [0, 0.1) is 5.92 Å². The Balaban J connectivity index is 0.00000220. The molecule has 1 aromatic carbocycles. The lowest BCUT2D eigenvalue weighted by molar-refractivity contribution is -0.118. The molecule has 0 radical (unpaired) electrons. The fraction of sp³-hybridized carbons (Fsp3) is 0.357. The van der Waals surface area contributed by atoms with Gasteiger partial charge >= 0.3 is 0 Å². The van der Waals surface area contributed by atoms with Crippen LogP contribution in [0.2, 0.25) is 0 Å². The van der Waals surface area contributed by atoms with Crippen molar-refractivity contribution in [2.24, 2.45) is 11.7 Å². The molecule has 6 nitrogen and oxygen atoms in total. The Labute approximate surface area is 130 Å². The number of hydrogen-bond donors (Lipinski definition) is 2. The first-order valence-corrected chi connectivity index (χ1v) is 6.65. The van der Waals surface area contributed by atoms with E-state index in [0.717, 1.165) is 12.1 Å². The molecule has 3 N–H and O–H groups in total. The Kier molecular flexibility index (Phi) is 6.33. The van der Waals surface area contributed by atoms with E-state index in [1.165, 1.54) is 4.80 Å². The Morgan fingerprint density at radius 3 is 2.38 bits per heavy atom. The number of benzene rings is 1. The van der Waals surface area contributed by atoms with Gasteiger partial charge in [0, 0.05) is 5.69 Å². The molecular formula is C14H20ClN5O. The Morgan fingerprint density at radius 1 is 1.29 bits per heavy atom. The topological polar surface area (TPSA) is 85.8 Å². The van der Waals surface area contributed by atoms with Gasteiger partial charge in [0.25, 0.3) is 0 Å². The fourth-order valence-electron chi connectivity index (χ4n) is 1.77. The van der Waals surface area contributed by atoms with Crippen molar-refractivity contribution in [2.75, 3.05) is 5.32 Å². The third-order valence-electron chi connectivity index (χ3n) is 3.34. The Morgan fingerprint density at radius 2 is 1.86 bits per heavy atom. The molecule has 0 aliphatic heterocycles. The summed E-state index contributed by atoms with van der Waals surface area (Å²) in [6, 6.07) is 6.79. The molecule has 0 fully saturated rings. The van der Waals surface area contributed by atoms with Gasteiger partial charge in [0.2, 0.25) is 5.91 Å². The van der Waals surface area contributed by atoms with E-state index in [2.05, 4.69) is 15.5 Å². The molecule has 0 saturated heterocycles. The summed E-state index contributed by atoms with van der Waals surface area (Å²) in [5.74, 6) is -0.00754. The first kappa shape index (κ1) is 17.1. The van der Waals surface area contributed by atoms with E-state index in [9.17, 15) is 4.79 Å². The van der Waals surface area contributed by atoms with Gasteiger partial charge in [-0.05, 0) is 30.2 Å². The van der Waals surface area contributed by atoms with Crippen LogP contribution in [0.5, 0.6) is 0 Å². The fourth-order valence-corrected chi connectivity index (χ4v) is 1.77. The van der Waals surface area contributed by atoms with Crippen LogP contribution in [-0.4, -0.2) is 26.9 Å². The zero-order valence-electron chi connectivity index (χ0n) is 12.1. The highest BCUT2D eigenvalue weighted by Gasteiger charge is 2.19. The second-order valence-electron chi connectivity index (χ2n) is 4.77. The normalized spacial score (nSPS) is 13.1. The molecule has 2 unspecified atom stereocenters. The van der Waals surface area contributed by atoms with Gasteiger partial charge in [-0.2, -0.15) is 15.0 Å². The minimum absolute atomic E-state index is 0. The zero-order valence-corrected chi connectivity index (χ0v) is 12.9. The number of aromatic nitrogens is 3. The lowest BCUT2D eigenvalue weighted by Crippen LogP contribution is -2.40. The van der Waals surface area contributed by atoms with Crippen LogP contribution >= 0.6 is 12.4 Å². The average molecular weight is 310 g/mol. The molecule has 1 heterocycles. The van der Waals surface area contributed by atoms with Crippen molar-refractivity contribution in [3.8, 4) is 5.69 Å². The third-order valence-corrected chi connectivity index (χ3v) is 3.34. The number of rotatable bonds is 5. The summed E-state index contributed by atoms with van der Waals surface area (Å²) in [6.07, 6.45) is 4.10. The van der Waals surface area contributed by atoms with Crippen molar-refractivity contribution < 1.29 is 4.79 Å². The van der Waals surface area contributed by atoms with Crippen LogP contribution in [0.4, 0.5) is 5.69 Å². The predicted octanol–water partition coefficient (Wildman–Crippen LogP) is 2.00. The molecule has 1 aromatic heterocycles. The minimum Gasteiger partial charge on any atom is -0.325 e. The summed E-state index contributed by atoms with van der Waals surface area (Å²) in [4.78, 5) is 13.5. The maximum absolute atomic E-state index is 12.0. The van der Waals surface area contributed by atoms with E-state index < -0.39 is 6.04 Å². The monoisotopic (exact) mass is 309 g/mol. The summed E-state index contributed by atoms with van der Waals surface area (Å²) in [5.41, 5.74) is 7.44. The lowest BCUT2D eigenvalue weighted by Gasteiger charge is -2.17. The Bertz CT molecular complexity index is 555. The SMILES string of the molecule is CCC(C)C(N)C(=O)Nc1ccc(-n2nccn2)cc1.Cl. The number of nitrogens with zero attached hydrogens (tertiary/aromatic N) is 3. The number of nitrogens with one attached hydrogen (secondary N) is 1. The van der Waals surface area contributed by atoms with Crippen molar-refractivity contribution >= 4 is 24.0 Å². The zero-order chi connectivity index (χ0) is 14.5. The van der Waals surface area contributed by atoms with E-state index in [0.29, 0.717) is 5.69 Å². The maximum atomic E-state index is 12.0. The first-order chi connectivity index (χ1) is 9.61. The van der Waals surface area contributed by atoms with Crippen LogP contribution in [0.25, 0.3) is 5.69 Å². The van der Waals surface area contributed by atoms with Gasteiger partial charge in [0.15, 0.2) is 0 Å². The van der Waals surface area contributed by atoms with E-state index >= 15 is 0 Å². The van der Waals surface area contributed by atoms with Gasteiger partial charge in [0.1, 0.15) is 0 Å². The molecule has 0 spiro atoms. The molecule has 21 heavy (non-hydrogen) atoms. The van der Waals surface area contributed by atoms with Gasteiger partial charge < -0.3 is 11.1 Å². The average Bonchev–Trinajstić information content (AvgIpc) is 3.00. The molecule has 0 aliphatic rings. The third kappa shape index (κ3) is 4.27. The summed E-state index contributed by atoms with van der Waals surface area (Å²) < 4.78 is 0. The number of nitrogens with two attached hydrogens (primary N) is 1. The van der Waals surface area contributed by atoms with E-state index in [4.69, 9.17) is 5.73 Å². The predicted molar refractivity (Wildman–Crippen MR) is 84.7 cm³/mol. The second kappa shape index (κ2) is 7.75. The quantitative estimate of drug-likeness (QED) is 0.884. The van der Waals surface area contributed by atoms with E-state index in [-0.39, 0.29) is 24.2 Å².